The molecular formula is C20H19Cl2NO4. The third kappa shape index (κ3) is 6.31. The van der Waals surface area contributed by atoms with Crippen molar-refractivity contribution in [1.82, 2.24) is 0 Å². The van der Waals surface area contributed by atoms with Crippen molar-refractivity contribution in [3.63, 3.8) is 0 Å². The fourth-order valence-electron chi connectivity index (χ4n) is 2.13. The Morgan fingerprint density at radius 2 is 1.89 bits per heavy atom. The molecule has 1 N–H and O–H groups in total. The van der Waals surface area contributed by atoms with Gasteiger partial charge in [-0.05, 0) is 49.8 Å². The Bertz CT molecular complexity index is 852. The topological polar surface area (TPSA) is 64.6 Å². The van der Waals surface area contributed by atoms with Gasteiger partial charge in [-0.2, -0.15) is 0 Å². The van der Waals surface area contributed by atoms with Gasteiger partial charge in [0.2, 0.25) is 0 Å². The molecule has 1 amide bonds. The summed E-state index contributed by atoms with van der Waals surface area (Å²) in [7, 11) is 0. The summed E-state index contributed by atoms with van der Waals surface area (Å²) in [6.45, 7) is 3.81. The maximum absolute atomic E-state index is 12.3. The number of hydrogen-bond donors (Lipinski definition) is 1. The molecule has 0 radical (unpaired) electrons. The molecule has 0 bridgehead atoms. The van der Waals surface area contributed by atoms with E-state index in [9.17, 15) is 9.59 Å². The van der Waals surface area contributed by atoms with Crippen molar-refractivity contribution in [3.05, 3.63) is 64.1 Å². The lowest BCUT2D eigenvalue weighted by Gasteiger charge is -2.15. The van der Waals surface area contributed by atoms with E-state index in [1.54, 1.807) is 42.5 Å². The first-order chi connectivity index (χ1) is 12.9. The molecule has 2 aromatic carbocycles. The fourth-order valence-corrected chi connectivity index (χ4v) is 2.44. The minimum Gasteiger partial charge on any atom is -0.492 e. The number of carbonyl (C=O) groups is 2. The molecule has 0 spiro atoms. The SMILES string of the molecule is CCOc1ccccc1NC(=O)C(C)OC(=O)C=Cc1ccc(Cl)c(Cl)c1. The second kappa shape index (κ2) is 10.00. The lowest BCUT2D eigenvalue weighted by molar-refractivity contribution is -0.148. The maximum Gasteiger partial charge on any atom is 0.331 e. The van der Waals surface area contributed by atoms with E-state index in [0.717, 1.165) is 0 Å². The number of para-hydroxylation sites is 2. The van der Waals surface area contributed by atoms with E-state index >= 15 is 0 Å². The number of anilines is 1. The van der Waals surface area contributed by atoms with Gasteiger partial charge < -0.3 is 14.8 Å². The molecular weight excluding hydrogens is 389 g/mol. The molecule has 0 saturated carbocycles. The largest absolute Gasteiger partial charge is 0.492 e. The Morgan fingerprint density at radius 3 is 2.59 bits per heavy atom. The molecule has 27 heavy (non-hydrogen) atoms. The van der Waals surface area contributed by atoms with Crippen molar-refractivity contribution >= 4 is 46.8 Å². The molecule has 1 unspecified atom stereocenters. The quantitative estimate of drug-likeness (QED) is 0.519. The van der Waals surface area contributed by atoms with Gasteiger partial charge in [-0.15, -0.1) is 0 Å². The molecule has 142 valence electrons. The van der Waals surface area contributed by atoms with Crippen molar-refractivity contribution in [3.8, 4) is 5.75 Å². The third-order valence-electron chi connectivity index (χ3n) is 3.46. The van der Waals surface area contributed by atoms with Crippen LogP contribution < -0.4 is 10.1 Å². The number of benzene rings is 2. The normalized spacial score (nSPS) is 11.9. The lowest BCUT2D eigenvalue weighted by Crippen LogP contribution is -2.29. The summed E-state index contributed by atoms with van der Waals surface area (Å²) in [6, 6.07) is 12.0. The van der Waals surface area contributed by atoms with Crippen LogP contribution in [-0.4, -0.2) is 24.6 Å². The Balaban J connectivity index is 1.94. The van der Waals surface area contributed by atoms with Crippen LogP contribution in [0.1, 0.15) is 19.4 Å². The van der Waals surface area contributed by atoms with E-state index < -0.39 is 18.0 Å². The first-order valence-electron chi connectivity index (χ1n) is 8.27. The van der Waals surface area contributed by atoms with E-state index in [2.05, 4.69) is 5.32 Å². The predicted molar refractivity (Wildman–Crippen MR) is 107 cm³/mol. The average Bonchev–Trinajstić information content (AvgIpc) is 2.64. The van der Waals surface area contributed by atoms with Gasteiger partial charge in [0.25, 0.3) is 5.91 Å². The van der Waals surface area contributed by atoms with Crippen molar-refractivity contribution in [2.75, 3.05) is 11.9 Å². The highest BCUT2D eigenvalue weighted by atomic mass is 35.5. The molecule has 0 aliphatic carbocycles. The number of ether oxygens (including phenoxy) is 2. The summed E-state index contributed by atoms with van der Waals surface area (Å²) < 4.78 is 10.6. The lowest BCUT2D eigenvalue weighted by atomic mass is 10.2. The maximum atomic E-state index is 12.3. The van der Waals surface area contributed by atoms with Crippen LogP contribution >= 0.6 is 23.2 Å². The van der Waals surface area contributed by atoms with Crippen LogP contribution in [0.3, 0.4) is 0 Å². The summed E-state index contributed by atoms with van der Waals surface area (Å²) in [5, 5.41) is 3.50. The zero-order valence-corrected chi connectivity index (χ0v) is 16.4. The number of esters is 1. The monoisotopic (exact) mass is 407 g/mol. The highest BCUT2D eigenvalue weighted by Gasteiger charge is 2.18. The van der Waals surface area contributed by atoms with Crippen LogP contribution in [0, 0.1) is 0 Å². The molecule has 0 aliphatic rings. The number of carbonyl (C=O) groups excluding carboxylic acids is 2. The summed E-state index contributed by atoms with van der Waals surface area (Å²) in [5.74, 6) is -0.563. The molecule has 0 heterocycles. The minimum atomic E-state index is -0.981. The first kappa shape index (κ1) is 20.8. The Kier molecular flexibility index (Phi) is 7.70. The molecule has 2 aromatic rings. The summed E-state index contributed by atoms with van der Waals surface area (Å²) in [4.78, 5) is 24.2. The molecule has 1 atom stereocenters. The van der Waals surface area contributed by atoms with E-state index in [1.807, 2.05) is 6.92 Å². The van der Waals surface area contributed by atoms with Crippen molar-refractivity contribution in [2.24, 2.45) is 0 Å². The first-order valence-corrected chi connectivity index (χ1v) is 9.02. The van der Waals surface area contributed by atoms with Gasteiger partial charge in [0.1, 0.15) is 5.75 Å². The zero-order chi connectivity index (χ0) is 19.8. The Labute approximate surface area is 167 Å². The van der Waals surface area contributed by atoms with Crippen LogP contribution in [0.4, 0.5) is 5.69 Å². The molecule has 5 nitrogen and oxygen atoms in total. The van der Waals surface area contributed by atoms with Crippen molar-refractivity contribution < 1.29 is 19.1 Å². The second-order valence-electron chi connectivity index (χ2n) is 5.50. The van der Waals surface area contributed by atoms with Gasteiger partial charge in [0.15, 0.2) is 6.10 Å². The summed E-state index contributed by atoms with van der Waals surface area (Å²) in [5.41, 5.74) is 1.20. The van der Waals surface area contributed by atoms with E-state index in [-0.39, 0.29) is 0 Å². The molecule has 0 saturated heterocycles. The van der Waals surface area contributed by atoms with Gasteiger partial charge in [-0.1, -0.05) is 41.4 Å². The highest BCUT2D eigenvalue weighted by molar-refractivity contribution is 6.42. The molecule has 0 aromatic heterocycles. The number of rotatable bonds is 7. The molecule has 7 heteroatoms. The second-order valence-corrected chi connectivity index (χ2v) is 6.32. The van der Waals surface area contributed by atoms with Gasteiger partial charge in [0.05, 0.1) is 22.3 Å². The molecule has 0 aliphatic heterocycles. The number of amides is 1. The van der Waals surface area contributed by atoms with Gasteiger partial charge in [-0.3, -0.25) is 4.79 Å². The van der Waals surface area contributed by atoms with E-state index in [1.165, 1.54) is 19.1 Å². The van der Waals surface area contributed by atoms with Crippen LogP contribution in [0.5, 0.6) is 5.75 Å². The van der Waals surface area contributed by atoms with Crippen LogP contribution in [0.2, 0.25) is 10.0 Å². The van der Waals surface area contributed by atoms with Crippen LogP contribution in [-0.2, 0) is 14.3 Å². The Morgan fingerprint density at radius 1 is 1.15 bits per heavy atom. The summed E-state index contributed by atoms with van der Waals surface area (Å²) >= 11 is 11.8. The van der Waals surface area contributed by atoms with E-state index in [4.69, 9.17) is 32.7 Å². The van der Waals surface area contributed by atoms with Gasteiger partial charge in [0, 0.05) is 6.08 Å². The van der Waals surface area contributed by atoms with Crippen LogP contribution in [0.15, 0.2) is 48.5 Å². The average molecular weight is 408 g/mol. The Hall–Kier alpha value is -2.50. The summed E-state index contributed by atoms with van der Waals surface area (Å²) in [6.07, 6.45) is 1.77. The number of halogens is 2. The van der Waals surface area contributed by atoms with Crippen molar-refractivity contribution in [2.45, 2.75) is 20.0 Å². The molecule has 2 rings (SSSR count). The number of nitrogens with one attached hydrogen (secondary N) is 1. The minimum absolute atomic E-state index is 0.382. The number of hydrogen-bond acceptors (Lipinski definition) is 4. The molecule has 0 fully saturated rings. The van der Waals surface area contributed by atoms with Gasteiger partial charge >= 0.3 is 5.97 Å². The smallest absolute Gasteiger partial charge is 0.331 e. The third-order valence-corrected chi connectivity index (χ3v) is 4.20. The predicted octanol–water partition coefficient (Wildman–Crippen LogP) is 4.98. The van der Waals surface area contributed by atoms with Crippen LogP contribution in [0.25, 0.3) is 6.08 Å². The highest BCUT2D eigenvalue weighted by Crippen LogP contribution is 2.24. The van der Waals surface area contributed by atoms with E-state index in [0.29, 0.717) is 33.7 Å². The fraction of sp³-hybridized carbons (Fsp3) is 0.200. The van der Waals surface area contributed by atoms with Gasteiger partial charge in [-0.25, -0.2) is 4.79 Å². The standard InChI is InChI=1S/C20H19Cl2NO4/c1-3-26-18-7-5-4-6-17(18)23-20(25)13(2)27-19(24)11-9-14-8-10-15(21)16(22)12-14/h4-13H,3H2,1-2H3,(H,23,25). The van der Waals surface area contributed by atoms with Crippen molar-refractivity contribution in [1.29, 1.82) is 0 Å². The zero-order valence-electron chi connectivity index (χ0n) is 14.9.